The van der Waals surface area contributed by atoms with E-state index < -0.39 is 0 Å². The average molecular weight is 113 g/mol. The highest BCUT2D eigenvalue weighted by molar-refractivity contribution is 5.83. The summed E-state index contributed by atoms with van der Waals surface area (Å²) in [6, 6.07) is 0. The molecule has 1 aliphatic heterocycles. The highest BCUT2D eigenvalue weighted by atomic mass is 15.5. The van der Waals surface area contributed by atoms with Crippen LogP contribution in [0.25, 0.3) is 0 Å². The molecule has 0 radical (unpaired) electrons. The quantitative estimate of drug-likeness (QED) is 0.479. The van der Waals surface area contributed by atoms with Crippen LogP contribution in [0.15, 0.2) is 5.10 Å². The number of nitrogens with two attached hydrogens (primary N) is 1. The predicted molar refractivity (Wildman–Crippen MR) is 33.5 cm³/mol. The Labute approximate surface area is 49.2 Å². The van der Waals surface area contributed by atoms with Gasteiger partial charge in [-0.05, 0) is 6.92 Å². The maximum Gasteiger partial charge on any atom is 0.0989 e. The van der Waals surface area contributed by atoms with Gasteiger partial charge in [-0.1, -0.05) is 0 Å². The Kier molecular flexibility index (Phi) is 1.21. The standard InChI is InChI=1S/C5H11N3/c1-4-3-5(6)8(2)7-4/h5H,3,6H2,1-2H3/t5-/m0/s1. The number of hydrogen-bond acceptors (Lipinski definition) is 3. The topological polar surface area (TPSA) is 41.6 Å². The molecule has 1 heterocycles. The van der Waals surface area contributed by atoms with Gasteiger partial charge in [0.2, 0.25) is 0 Å². The lowest BCUT2D eigenvalue weighted by atomic mass is 10.3. The third-order valence-electron chi connectivity index (χ3n) is 1.31. The van der Waals surface area contributed by atoms with Crippen LogP contribution in [-0.2, 0) is 0 Å². The van der Waals surface area contributed by atoms with E-state index in [4.69, 9.17) is 5.73 Å². The van der Waals surface area contributed by atoms with Gasteiger partial charge in [0.25, 0.3) is 0 Å². The first-order valence-electron chi connectivity index (χ1n) is 2.72. The van der Waals surface area contributed by atoms with Crippen molar-refractivity contribution in [1.29, 1.82) is 0 Å². The molecule has 0 amide bonds. The number of hydrogen-bond donors (Lipinski definition) is 1. The normalized spacial score (nSPS) is 28.6. The number of hydrazone groups is 1. The molecule has 0 saturated heterocycles. The van der Waals surface area contributed by atoms with E-state index in [1.807, 2.05) is 14.0 Å². The van der Waals surface area contributed by atoms with Gasteiger partial charge >= 0.3 is 0 Å². The summed E-state index contributed by atoms with van der Waals surface area (Å²) in [5, 5.41) is 5.88. The lowest BCUT2D eigenvalue weighted by molar-refractivity contribution is 0.291. The second kappa shape index (κ2) is 1.74. The van der Waals surface area contributed by atoms with E-state index >= 15 is 0 Å². The van der Waals surface area contributed by atoms with Crippen molar-refractivity contribution in [3.05, 3.63) is 0 Å². The van der Waals surface area contributed by atoms with Crippen molar-refractivity contribution in [3.63, 3.8) is 0 Å². The molecule has 1 rings (SSSR count). The molecular weight excluding hydrogens is 102 g/mol. The minimum absolute atomic E-state index is 0.120. The number of rotatable bonds is 0. The lowest BCUT2D eigenvalue weighted by Gasteiger charge is -2.11. The van der Waals surface area contributed by atoms with Crippen LogP contribution in [0.2, 0.25) is 0 Å². The second-order valence-corrected chi connectivity index (χ2v) is 2.18. The van der Waals surface area contributed by atoms with E-state index in [1.165, 1.54) is 0 Å². The van der Waals surface area contributed by atoms with Crippen molar-refractivity contribution >= 4 is 5.71 Å². The van der Waals surface area contributed by atoms with Crippen molar-refractivity contribution in [2.45, 2.75) is 19.5 Å². The molecule has 0 aliphatic carbocycles. The first-order valence-corrected chi connectivity index (χ1v) is 2.72. The van der Waals surface area contributed by atoms with Crippen molar-refractivity contribution in [1.82, 2.24) is 5.01 Å². The smallest absolute Gasteiger partial charge is 0.0989 e. The third-order valence-corrected chi connectivity index (χ3v) is 1.31. The summed E-state index contributed by atoms with van der Waals surface area (Å²) in [4.78, 5) is 0. The van der Waals surface area contributed by atoms with Gasteiger partial charge in [0.05, 0.1) is 6.17 Å². The predicted octanol–water partition coefficient (Wildman–Crippen LogP) is -0.0174. The summed E-state index contributed by atoms with van der Waals surface area (Å²) >= 11 is 0. The lowest BCUT2D eigenvalue weighted by Crippen LogP contribution is -2.31. The van der Waals surface area contributed by atoms with E-state index in [0.29, 0.717) is 0 Å². The molecule has 1 atom stereocenters. The molecule has 1 aliphatic rings. The van der Waals surface area contributed by atoms with Gasteiger partial charge in [-0.3, -0.25) is 5.01 Å². The maximum absolute atomic E-state index is 5.58. The number of nitrogens with zero attached hydrogens (tertiary/aromatic N) is 2. The molecule has 3 nitrogen and oxygen atoms in total. The van der Waals surface area contributed by atoms with Gasteiger partial charge < -0.3 is 5.73 Å². The van der Waals surface area contributed by atoms with Crippen LogP contribution in [0, 0.1) is 0 Å². The first-order chi connectivity index (χ1) is 3.70. The molecule has 3 heteroatoms. The summed E-state index contributed by atoms with van der Waals surface area (Å²) in [5.74, 6) is 0. The fraction of sp³-hybridized carbons (Fsp3) is 0.800. The molecule has 0 aromatic heterocycles. The Morgan fingerprint density at radius 1 is 1.88 bits per heavy atom. The van der Waals surface area contributed by atoms with E-state index in [1.54, 1.807) is 5.01 Å². The van der Waals surface area contributed by atoms with Crippen molar-refractivity contribution in [3.8, 4) is 0 Å². The molecule has 0 aromatic carbocycles. The molecule has 8 heavy (non-hydrogen) atoms. The van der Waals surface area contributed by atoms with Crippen LogP contribution in [0.5, 0.6) is 0 Å². The first kappa shape index (κ1) is 5.56. The summed E-state index contributed by atoms with van der Waals surface area (Å²) in [6.45, 7) is 1.99. The summed E-state index contributed by atoms with van der Waals surface area (Å²) < 4.78 is 0. The van der Waals surface area contributed by atoms with Crippen LogP contribution < -0.4 is 5.73 Å². The average Bonchev–Trinajstić information content (AvgIpc) is 1.85. The Morgan fingerprint density at radius 2 is 2.50 bits per heavy atom. The van der Waals surface area contributed by atoms with Gasteiger partial charge in [0, 0.05) is 19.2 Å². The molecule has 0 aromatic rings. The molecule has 46 valence electrons. The van der Waals surface area contributed by atoms with Crippen LogP contribution in [0.1, 0.15) is 13.3 Å². The zero-order valence-corrected chi connectivity index (χ0v) is 5.26. The fourth-order valence-corrected chi connectivity index (χ4v) is 0.819. The van der Waals surface area contributed by atoms with Crippen molar-refractivity contribution in [2.75, 3.05) is 7.05 Å². The van der Waals surface area contributed by atoms with Crippen LogP contribution >= 0.6 is 0 Å². The second-order valence-electron chi connectivity index (χ2n) is 2.18. The van der Waals surface area contributed by atoms with Gasteiger partial charge in [0.1, 0.15) is 0 Å². The highest BCUT2D eigenvalue weighted by Gasteiger charge is 2.15. The monoisotopic (exact) mass is 113 g/mol. The molecule has 0 bridgehead atoms. The van der Waals surface area contributed by atoms with E-state index in [0.717, 1.165) is 12.1 Å². The van der Waals surface area contributed by atoms with Crippen molar-refractivity contribution < 1.29 is 0 Å². The van der Waals surface area contributed by atoms with Gasteiger partial charge in [-0.25, -0.2) is 0 Å². The molecule has 0 saturated carbocycles. The minimum atomic E-state index is 0.120. The summed E-state index contributed by atoms with van der Waals surface area (Å²) in [7, 11) is 1.89. The highest BCUT2D eigenvalue weighted by Crippen LogP contribution is 2.06. The Bertz CT molecular complexity index is 119. The molecular formula is C5H11N3. The Balaban J connectivity index is 2.56. The van der Waals surface area contributed by atoms with E-state index in [-0.39, 0.29) is 6.17 Å². The SMILES string of the molecule is CC1=NN(C)[C@H](N)C1. The zero-order valence-electron chi connectivity index (χ0n) is 5.26. The van der Waals surface area contributed by atoms with Crippen LogP contribution in [0.3, 0.4) is 0 Å². The van der Waals surface area contributed by atoms with Gasteiger partial charge in [-0.2, -0.15) is 5.10 Å². The molecule has 0 fully saturated rings. The molecule has 2 N–H and O–H groups in total. The Hall–Kier alpha value is -0.570. The van der Waals surface area contributed by atoms with E-state index in [9.17, 15) is 0 Å². The molecule has 0 spiro atoms. The third kappa shape index (κ3) is 0.816. The fourth-order valence-electron chi connectivity index (χ4n) is 0.819. The van der Waals surface area contributed by atoms with Gasteiger partial charge in [0.15, 0.2) is 0 Å². The van der Waals surface area contributed by atoms with Gasteiger partial charge in [-0.15, -0.1) is 0 Å². The zero-order chi connectivity index (χ0) is 6.15. The maximum atomic E-state index is 5.58. The molecule has 0 unspecified atom stereocenters. The minimum Gasteiger partial charge on any atom is -0.310 e. The van der Waals surface area contributed by atoms with Crippen LogP contribution in [0.4, 0.5) is 0 Å². The largest absolute Gasteiger partial charge is 0.310 e. The van der Waals surface area contributed by atoms with Crippen molar-refractivity contribution in [2.24, 2.45) is 10.8 Å². The summed E-state index contributed by atoms with van der Waals surface area (Å²) in [5.41, 5.74) is 6.70. The van der Waals surface area contributed by atoms with Crippen LogP contribution in [-0.4, -0.2) is 23.9 Å². The summed E-state index contributed by atoms with van der Waals surface area (Å²) in [6.07, 6.45) is 1.03. The Morgan fingerprint density at radius 3 is 2.62 bits per heavy atom. The van der Waals surface area contributed by atoms with E-state index in [2.05, 4.69) is 5.10 Å².